The van der Waals surface area contributed by atoms with Crippen molar-refractivity contribution in [3.8, 4) is 0 Å². The van der Waals surface area contributed by atoms with Crippen LogP contribution in [0, 0.1) is 17.3 Å². The molecular weight excluding hydrogens is 232 g/mol. The summed E-state index contributed by atoms with van der Waals surface area (Å²) in [7, 11) is 0. The lowest BCUT2D eigenvalue weighted by molar-refractivity contribution is -0.143. The van der Waals surface area contributed by atoms with Crippen LogP contribution in [0.5, 0.6) is 0 Å². The number of carboxylic acid groups (broad SMARTS) is 1. The Morgan fingerprint density at radius 2 is 2.00 bits per heavy atom. The number of nitrogens with one attached hydrogen (secondary N) is 1. The van der Waals surface area contributed by atoms with Gasteiger partial charge in [-0.25, -0.2) is 0 Å². The van der Waals surface area contributed by atoms with Crippen LogP contribution < -0.4 is 11.1 Å². The average Bonchev–Trinajstić information content (AvgIpc) is 2.71. The Hall–Kier alpha value is -1.10. The monoisotopic (exact) mass is 256 g/mol. The highest BCUT2D eigenvalue weighted by atomic mass is 16.4. The van der Waals surface area contributed by atoms with Crippen LogP contribution in [0.4, 0.5) is 0 Å². The molecule has 3 atom stereocenters. The van der Waals surface area contributed by atoms with Gasteiger partial charge in [-0.05, 0) is 24.2 Å². The normalized spacial score (nSPS) is 25.8. The minimum Gasteiger partial charge on any atom is -0.481 e. The van der Waals surface area contributed by atoms with E-state index in [1.807, 2.05) is 20.8 Å². The molecule has 5 nitrogen and oxygen atoms in total. The molecular formula is C13H24N2O3. The van der Waals surface area contributed by atoms with Crippen molar-refractivity contribution in [1.29, 1.82) is 0 Å². The van der Waals surface area contributed by atoms with E-state index in [-0.39, 0.29) is 23.2 Å². The molecule has 4 N–H and O–H groups in total. The predicted molar refractivity (Wildman–Crippen MR) is 68.9 cm³/mol. The number of rotatable bonds is 4. The molecule has 1 fully saturated rings. The number of carboxylic acids is 1. The van der Waals surface area contributed by atoms with Gasteiger partial charge >= 0.3 is 5.97 Å². The van der Waals surface area contributed by atoms with E-state index in [0.29, 0.717) is 13.0 Å². The Bertz CT molecular complexity index is 323. The molecule has 0 saturated heterocycles. The zero-order valence-electron chi connectivity index (χ0n) is 11.4. The molecule has 1 rings (SSSR count). The standard InChI is InChI=1S/C13H24N2O3/c1-13(2,3)10(14)11(16)15-7-8-5-4-6-9(8)12(17)18/h8-10H,4-7,14H2,1-3H3,(H,15,16)(H,17,18)/t8?,9?,10-/m0/s1. The van der Waals surface area contributed by atoms with E-state index in [1.165, 1.54) is 0 Å². The van der Waals surface area contributed by atoms with Crippen LogP contribution in [0.15, 0.2) is 0 Å². The number of carbonyl (C=O) groups is 2. The third-order valence-corrected chi connectivity index (χ3v) is 3.73. The van der Waals surface area contributed by atoms with Crippen molar-refractivity contribution in [1.82, 2.24) is 5.32 Å². The van der Waals surface area contributed by atoms with Crippen molar-refractivity contribution in [2.75, 3.05) is 6.54 Å². The van der Waals surface area contributed by atoms with Gasteiger partial charge in [0.15, 0.2) is 0 Å². The predicted octanol–water partition coefficient (Wildman–Crippen LogP) is 0.977. The summed E-state index contributed by atoms with van der Waals surface area (Å²) in [6, 6.07) is -0.567. The van der Waals surface area contributed by atoms with Crippen molar-refractivity contribution in [3.63, 3.8) is 0 Å². The first kappa shape index (κ1) is 15.0. The van der Waals surface area contributed by atoms with Crippen molar-refractivity contribution < 1.29 is 14.7 Å². The molecule has 0 heterocycles. The maximum Gasteiger partial charge on any atom is 0.306 e. The number of nitrogens with two attached hydrogens (primary N) is 1. The van der Waals surface area contributed by atoms with Crippen LogP contribution in [0.1, 0.15) is 40.0 Å². The van der Waals surface area contributed by atoms with E-state index in [2.05, 4.69) is 5.32 Å². The maximum absolute atomic E-state index is 11.8. The van der Waals surface area contributed by atoms with Crippen LogP contribution in [0.25, 0.3) is 0 Å². The summed E-state index contributed by atoms with van der Waals surface area (Å²) in [6.45, 7) is 6.15. The van der Waals surface area contributed by atoms with Gasteiger partial charge in [-0.2, -0.15) is 0 Å². The average molecular weight is 256 g/mol. The molecule has 18 heavy (non-hydrogen) atoms. The summed E-state index contributed by atoms with van der Waals surface area (Å²) in [5, 5.41) is 11.8. The molecule has 1 aliphatic rings. The van der Waals surface area contributed by atoms with Crippen LogP contribution in [-0.4, -0.2) is 29.6 Å². The van der Waals surface area contributed by atoms with Gasteiger partial charge in [-0.3, -0.25) is 9.59 Å². The first-order valence-corrected chi connectivity index (χ1v) is 6.49. The van der Waals surface area contributed by atoms with E-state index >= 15 is 0 Å². The fourth-order valence-electron chi connectivity index (χ4n) is 2.34. The Kier molecular flexibility index (Phi) is 4.73. The Balaban J connectivity index is 2.46. The van der Waals surface area contributed by atoms with E-state index in [9.17, 15) is 9.59 Å². The molecule has 0 spiro atoms. The van der Waals surface area contributed by atoms with Crippen molar-refractivity contribution in [2.45, 2.75) is 46.1 Å². The Labute approximate surface area is 108 Å². The van der Waals surface area contributed by atoms with Gasteiger partial charge < -0.3 is 16.2 Å². The highest BCUT2D eigenvalue weighted by Crippen LogP contribution is 2.31. The fraction of sp³-hybridized carbons (Fsp3) is 0.846. The third-order valence-electron chi connectivity index (χ3n) is 3.73. The molecule has 1 amide bonds. The highest BCUT2D eigenvalue weighted by Gasteiger charge is 2.34. The topological polar surface area (TPSA) is 92.4 Å². The second-order valence-corrected chi connectivity index (χ2v) is 6.22. The number of carbonyl (C=O) groups excluding carboxylic acids is 1. The zero-order chi connectivity index (χ0) is 13.9. The highest BCUT2D eigenvalue weighted by molar-refractivity contribution is 5.82. The summed E-state index contributed by atoms with van der Waals surface area (Å²) >= 11 is 0. The first-order valence-electron chi connectivity index (χ1n) is 6.49. The second-order valence-electron chi connectivity index (χ2n) is 6.22. The molecule has 0 radical (unpaired) electrons. The molecule has 1 saturated carbocycles. The molecule has 5 heteroatoms. The quantitative estimate of drug-likeness (QED) is 0.699. The third kappa shape index (κ3) is 3.70. The molecule has 0 aromatic heterocycles. The van der Waals surface area contributed by atoms with Crippen LogP contribution in [0.2, 0.25) is 0 Å². The lowest BCUT2D eigenvalue weighted by Crippen LogP contribution is -2.49. The first-order chi connectivity index (χ1) is 8.23. The SMILES string of the molecule is CC(C)(C)[C@@H](N)C(=O)NCC1CCCC1C(=O)O. The number of hydrogen-bond acceptors (Lipinski definition) is 3. The number of amides is 1. The lowest BCUT2D eigenvalue weighted by atomic mass is 9.86. The van der Waals surface area contributed by atoms with E-state index in [0.717, 1.165) is 12.8 Å². The molecule has 0 aromatic carbocycles. The second kappa shape index (κ2) is 5.69. The van der Waals surface area contributed by atoms with Crippen LogP contribution in [0.3, 0.4) is 0 Å². The lowest BCUT2D eigenvalue weighted by Gasteiger charge is -2.26. The van der Waals surface area contributed by atoms with Crippen molar-refractivity contribution >= 4 is 11.9 Å². The molecule has 1 aliphatic carbocycles. The van der Waals surface area contributed by atoms with Gasteiger partial charge in [0.25, 0.3) is 0 Å². The van der Waals surface area contributed by atoms with E-state index in [1.54, 1.807) is 0 Å². The summed E-state index contributed by atoms with van der Waals surface area (Å²) in [5.41, 5.74) is 5.56. The maximum atomic E-state index is 11.8. The molecule has 0 bridgehead atoms. The molecule has 0 aromatic rings. The van der Waals surface area contributed by atoms with Gasteiger partial charge in [0.1, 0.15) is 0 Å². The zero-order valence-corrected chi connectivity index (χ0v) is 11.4. The summed E-state index contributed by atoms with van der Waals surface area (Å²) < 4.78 is 0. The van der Waals surface area contributed by atoms with Gasteiger partial charge in [-0.15, -0.1) is 0 Å². The Morgan fingerprint density at radius 3 is 2.50 bits per heavy atom. The van der Waals surface area contributed by atoms with Gasteiger partial charge in [0.05, 0.1) is 12.0 Å². The van der Waals surface area contributed by atoms with Gasteiger partial charge in [0, 0.05) is 6.54 Å². The Morgan fingerprint density at radius 1 is 1.39 bits per heavy atom. The van der Waals surface area contributed by atoms with Crippen LogP contribution in [-0.2, 0) is 9.59 Å². The molecule has 104 valence electrons. The molecule has 2 unspecified atom stereocenters. The van der Waals surface area contributed by atoms with E-state index in [4.69, 9.17) is 10.8 Å². The summed E-state index contributed by atoms with van der Waals surface area (Å²) in [6.07, 6.45) is 2.49. The van der Waals surface area contributed by atoms with Gasteiger partial charge in [0.2, 0.25) is 5.91 Å². The fourth-order valence-corrected chi connectivity index (χ4v) is 2.34. The minimum atomic E-state index is -0.758. The number of aliphatic carboxylic acids is 1. The van der Waals surface area contributed by atoms with Crippen LogP contribution >= 0.6 is 0 Å². The summed E-state index contributed by atoms with van der Waals surface area (Å²) in [4.78, 5) is 22.9. The largest absolute Gasteiger partial charge is 0.481 e. The number of hydrogen-bond donors (Lipinski definition) is 3. The minimum absolute atomic E-state index is 0.0404. The smallest absolute Gasteiger partial charge is 0.306 e. The van der Waals surface area contributed by atoms with Gasteiger partial charge in [-0.1, -0.05) is 27.2 Å². The van der Waals surface area contributed by atoms with E-state index < -0.39 is 12.0 Å². The van der Waals surface area contributed by atoms with Crippen molar-refractivity contribution in [3.05, 3.63) is 0 Å². The molecule has 0 aliphatic heterocycles. The summed E-state index contributed by atoms with van der Waals surface area (Å²) in [5.74, 6) is -1.24. The van der Waals surface area contributed by atoms with Crippen molar-refractivity contribution in [2.24, 2.45) is 23.0 Å².